The Kier molecular flexibility index (Phi) is 4.11. The molecule has 0 bridgehead atoms. The summed E-state index contributed by atoms with van der Waals surface area (Å²) in [6.45, 7) is 1.93. The molecule has 1 aromatic rings. The molecule has 1 aliphatic heterocycles. The Labute approximate surface area is 120 Å². The van der Waals surface area contributed by atoms with E-state index < -0.39 is 12.0 Å². The van der Waals surface area contributed by atoms with Gasteiger partial charge < -0.3 is 4.74 Å². The van der Waals surface area contributed by atoms with Crippen LogP contribution in [0.1, 0.15) is 18.9 Å². The monoisotopic (exact) mass is 293 g/mol. The van der Waals surface area contributed by atoms with Crippen LogP contribution < -0.4 is 10.4 Å². The number of anilines is 1. The van der Waals surface area contributed by atoms with E-state index in [0.29, 0.717) is 11.3 Å². The molecule has 1 fully saturated rings. The number of esters is 1. The summed E-state index contributed by atoms with van der Waals surface area (Å²) < 4.78 is 4.94. The minimum atomic E-state index is -0.757. The van der Waals surface area contributed by atoms with Crippen LogP contribution in [0.5, 0.6) is 0 Å². The van der Waals surface area contributed by atoms with E-state index in [0.717, 1.165) is 0 Å². The molecule has 0 saturated carbocycles. The van der Waals surface area contributed by atoms with E-state index in [1.807, 2.05) is 6.07 Å². The maximum Gasteiger partial charge on any atom is 0.331 e. The van der Waals surface area contributed by atoms with Crippen molar-refractivity contribution in [3.05, 3.63) is 28.8 Å². The van der Waals surface area contributed by atoms with Crippen molar-refractivity contribution in [2.24, 2.45) is 0 Å². The molecule has 1 aliphatic rings. The second-order valence-electron chi connectivity index (χ2n) is 4.15. The molecule has 1 unspecified atom stereocenters. The SMILES string of the molecule is CCOC(=O)C1CC(=O)NN1c1ccc(C#N)cc1Cl. The smallest absolute Gasteiger partial charge is 0.331 e. The van der Waals surface area contributed by atoms with E-state index in [4.69, 9.17) is 21.6 Å². The number of hydrazine groups is 1. The molecule has 1 aromatic carbocycles. The van der Waals surface area contributed by atoms with Gasteiger partial charge in [-0.25, -0.2) is 4.79 Å². The molecule has 104 valence electrons. The summed E-state index contributed by atoms with van der Waals surface area (Å²) in [5.74, 6) is -0.783. The number of halogens is 1. The number of hydrogen-bond donors (Lipinski definition) is 1. The topological polar surface area (TPSA) is 82.4 Å². The summed E-state index contributed by atoms with van der Waals surface area (Å²) in [7, 11) is 0. The third kappa shape index (κ3) is 2.68. The van der Waals surface area contributed by atoms with E-state index in [9.17, 15) is 9.59 Å². The highest BCUT2D eigenvalue weighted by molar-refractivity contribution is 6.33. The van der Waals surface area contributed by atoms with Gasteiger partial charge in [-0.05, 0) is 25.1 Å². The number of hydrogen-bond acceptors (Lipinski definition) is 5. The highest BCUT2D eigenvalue weighted by Gasteiger charge is 2.37. The number of rotatable bonds is 3. The van der Waals surface area contributed by atoms with Gasteiger partial charge in [0.15, 0.2) is 6.04 Å². The second-order valence-corrected chi connectivity index (χ2v) is 4.56. The number of amides is 1. The number of benzene rings is 1. The average Bonchev–Trinajstić information content (AvgIpc) is 2.80. The molecule has 20 heavy (non-hydrogen) atoms. The van der Waals surface area contributed by atoms with E-state index in [1.54, 1.807) is 19.1 Å². The minimum absolute atomic E-state index is 0.00909. The highest BCUT2D eigenvalue weighted by Crippen LogP contribution is 2.30. The van der Waals surface area contributed by atoms with Gasteiger partial charge in [0.25, 0.3) is 0 Å². The molecular weight excluding hydrogens is 282 g/mol. The largest absolute Gasteiger partial charge is 0.464 e. The Morgan fingerprint density at radius 1 is 1.65 bits per heavy atom. The van der Waals surface area contributed by atoms with E-state index in [-0.39, 0.29) is 24.0 Å². The minimum Gasteiger partial charge on any atom is -0.464 e. The van der Waals surface area contributed by atoms with Crippen molar-refractivity contribution in [2.75, 3.05) is 11.6 Å². The zero-order valence-electron chi connectivity index (χ0n) is 10.7. The predicted octanol–water partition coefficient (Wildman–Crippen LogP) is 1.38. The highest BCUT2D eigenvalue weighted by atomic mass is 35.5. The van der Waals surface area contributed by atoms with Gasteiger partial charge in [-0.2, -0.15) is 5.26 Å². The number of nitriles is 1. The predicted molar refractivity (Wildman–Crippen MR) is 71.8 cm³/mol. The van der Waals surface area contributed by atoms with Crippen LogP contribution in [0.25, 0.3) is 0 Å². The van der Waals surface area contributed by atoms with Crippen LogP contribution >= 0.6 is 11.6 Å². The fourth-order valence-electron chi connectivity index (χ4n) is 1.95. The third-order valence-corrected chi connectivity index (χ3v) is 3.13. The van der Waals surface area contributed by atoms with Gasteiger partial charge in [0.1, 0.15) is 0 Å². The van der Waals surface area contributed by atoms with Crippen molar-refractivity contribution in [1.82, 2.24) is 5.43 Å². The summed E-state index contributed by atoms with van der Waals surface area (Å²) in [6.07, 6.45) is 0.00909. The first-order valence-corrected chi connectivity index (χ1v) is 6.39. The molecular formula is C13H12ClN3O3. The van der Waals surface area contributed by atoms with Gasteiger partial charge in [0.2, 0.25) is 5.91 Å². The zero-order valence-corrected chi connectivity index (χ0v) is 11.5. The Morgan fingerprint density at radius 3 is 3.00 bits per heavy atom. The molecule has 7 heteroatoms. The normalized spacial score (nSPS) is 17.6. The van der Waals surface area contributed by atoms with Crippen molar-refractivity contribution in [3.63, 3.8) is 0 Å². The lowest BCUT2D eigenvalue weighted by molar-refractivity contribution is -0.144. The van der Waals surface area contributed by atoms with E-state index >= 15 is 0 Å². The van der Waals surface area contributed by atoms with Crippen LogP contribution in [0.15, 0.2) is 18.2 Å². The van der Waals surface area contributed by atoms with E-state index in [2.05, 4.69) is 5.43 Å². The second kappa shape index (κ2) is 5.80. The fraction of sp³-hybridized carbons (Fsp3) is 0.308. The Bertz CT molecular complexity index is 597. The molecule has 1 atom stereocenters. The van der Waals surface area contributed by atoms with Gasteiger partial charge in [-0.3, -0.25) is 15.2 Å². The number of ether oxygens (including phenoxy) is 1. The van der Waals surface area contributed by atoms with Crippen molar-refractivity contribution >= 4 is 29.2 Å². The average molecular weight is 294 g/mol. The first-order valence-electron chi connectivity index (χ1n) is 6.01. The summed E-state index contributed by atoms with van der Waals surface area (Å²) >= 11 is 6.09. The fourth-order valence-corrected chi connectivity index (χ4v) is 2.22. The first kappa shape index (κ1) is 14.2. The van der Waals surface area contributed by atoms with Crippen LogP contribution in [-0.4, -0.2) is 24.5 Å². The lowest BCUT2D eigenvalue weighted by atomic mass is 10.1. The van der Waals surface area contributed by atoms with Crippen LogP contribution in [0, 0.1) is 11.3 Å². The van der Waals surface area contributed by atoms with Crippen LogP contribution in [0.3, 0.4) is 0 Å². The Balaban J connectivity index is 2.32. The number of nitrogens with zero attached hydrogens (tertiary/aromatic N) is 2. The number of carbonyl (C=O) groups is 2. The zero-order chi connectivity index (χ0) is 14.7. The standard InChI is InChI=1S/C13H12ClN3O3/c1-2-20-13(19)11-6-12(18)16-17(11)10-4-3-8(7-15)5-9(10)14/h3-5,11H,2,6H2,1H3,(H,16,18). The van der Waals surface area contributed by atoms with Crippen molar-refractivity contribution < 1.29 is 14.3 Å². The van der Waals surface area contributed by atoms with Crippen molar-refractivity contribution in [3.8, 4) is 6.07 Å². The summed E-state index contributed by atoms with van der Waals surface area (Å²) in [5, 5.41) is 10.5. The first-order chi connectivity index (χ1) is 9.56. The lowest BCUT2D eigenvalue weighted by Crippen LogP contribution is -2.43. The summed E-state index contributed by atoms with van der Waals surface area (Å²) in [6, 6.07) is 5.83. The number of carbonyl (C=O) groups excluding carboxylic acids is 2. The van der Waals surface area contributed by atoms with Crippen LogP contribution in [0.4, 0.5) is 5.69 Å². The molecule has 6 nitrogen and oxygen atoms in total. The summed E-state index contributed by atoms with van der Waals surface area (Å²) in [4.78, 5) is 23.4. The van der Waals surface area contributed by atoms with Gasteiger partial charge in [-0.1, -0.05) is 11.6 Å². The molecule has 1 amide bonds. The van der Waals surface area contributed by atoms with Gasteiger partial charge >= 0.3 is 5.97 Å². The van der Waals surface area contributed by atoms with Crippen LogP contribution in [-0.2, 0) is 14.3 Å². The molecule has 0 aliphatic carbocycles. The maximum absolute atomic E-state index is 11.9. The maximum atomic E-state index is 11.9. The third-order valence-electron chi connectivity index (χ3n) is 2.83. The van der Waals surface area contributed by atoms with Gasteiger partial charge in [0, 0.05) is 0 Å². The van der Waals surface area contributed by atoms with Gasteiger partial charge in [0.05, 0.1) is 35.4 Å². The van der Waals surface area contributed by atoms with E-state index in [1.165, 1.54) is 11.1 Å². The van der Waals surface area contributed by atoms with Crippen molar-refractivity contribution in [1.29, 1.82) is 5.26 Å². The number of nitrogens with one attached hydrogen (secondary N) is 1. The Hall–Kier alpha value is -2.26. The molecule has 0 aromatic heterocycles. The summed E-state index contributed by atoms with van der Waals surface area (Å²) in [5.41, 5.74) is 3.42. The molecule has 1 saturated heterocycles. The molecule has 1 heterocycles. The quantitative estimate of drug-likeness (QED) is 0.852. The molecule has 0 spiro atoms. The molecule has 1 N–H and O–H groups in total. The van der Waals surface area contributed by atoms with Gasteiger partial charge in [-0.15, -0.1) is 0 Å². The Morgan fingerprint density at radius 2 is 2.40 bits per heavy atom. The lowest BCUT2D eigenvalue weighted by Gasteiger charge is -2.24. The van der Waals surface area contributed by atoms with Crippen molar-refractivity contribution in [2.45, 2.75) is 19.4 Å². The molecule has 0 radical (unpaired) electrons. The van der Waals surface area contributed by atoms with Crippen LogP contribution in [0.2, 0.25) is 5.02 Å². The molecule has 2 rings (SSSR count).